The molecule has 1 aromatic heterocycles. The molecule has 0 aliphatic rings. The molecule has 22 heavy (non-hydrogen) atoms. The van der Waals surface area contributed by atoms with Crippen molar-refractivity contribution in [2.24, 2.45) is 0 Å². The maximum absolute atomic E-state index is 11.9. The Balaban J connectivity index is 1.95. The van der Waals surface area contributed by atoms with E-state index in [1.165, 1.54) is 11.3 Å². The predicted octanol–water partition coefficient (Wildman–Crippen LogP) is 3.26. The summed E-state index contributed by atoms with van der Waals surface area (Å²) >= 11 is 1.40. The highest BCUT2D eigenvalue weighted by Gasteiger charge is 2.09. The summed E-state index contributed by atoms with van der Waals surface area (Å²) in [7, 11) is 1.61. The summed E-state index contributed by atoms with van der Waals surface area (Å²) in [6.45, 7) is 3.21. The van der Waals surface area contributed by atoms with E-state index in [0.29, 0.717) is 24.6 Å². The predicted molar refractivity (Wildman–Crippen MR) is 86.7 cm³/mol. The fraction of sp³-hybridized carbons (Fsp3) is 0.375. The van der Waals surface area contributed by atoms with Crippen LogP contribution in [0.2, 0.25) is 0 Å². The van der Waals surface area contributed by atoms with E-state index in [9.17, 15) is 4.79 Å². The van der Waals surface area contributed by atoms with Crippen LogP contribution in [0.5, 0.6) is 11.5 Å². The third-order valence-corrected chi connectivity index (χ3v) is 3.69. The zero-order valence-electron chi connectivity index (χ0n) is 12.8. The van der Waals surface area contributed by atoms with Gasteiger partial charge < -0.3 is 14.8 Å². The van der Waals surface area contributed by atoms with Crippen LogP contribution < -0.4 is 14.8 Å². The minimum absolute atomic E-state index is 0.177. The normalized spacial score (nSPS) is 10.3. The Bertz CT molecular complexity index is 599. The van der Waals surface area contributed by atoms with E-state index < -0.39 is 0 Å². The number of amides is 1. The molecule has 1 amide bonds. The second-order valence-electron chi connectivity index (χ2n) is 4.74. The highest BCUT2D eigenvalue weighted by Crippen LogP contribution is 2.28. The molecule has 1 aromatic carbocycles. The first-order valence-electron chi connectivity index (χ1n) is 7.20. The van der Waals surface area contributed by atoms with Gasteiger partial charge in [-0.15, -0.1) is 11.3 Å². The lowest BCUT2D eigenvalue weighted by Crippen LogP contribution is -2.23. The van der Waals surface area contributed by atoms with Crippen molar-refractivity contribution in [1.82, 2.24) is 10.3 Å². The minimum Gasteiger partial charge on any atom is -0.493 e. The minimum atomic E-state index is -0.177. The van der Waals surface area contributed by atoms with Gasteiger partial charge in [-0.2, -0.15) is 0 Å². The van der Waals surface area contributed by atoms with Crippen LogP contribution in [0.15, 0.2) is 29.1 Å². The lowest BCUT2D eigenvalue weighted by Gasteiger charge is -2.12. The molecule has 0 unspecified atom stereocenters. The zero-order chi connectivity index (χ0) is 15.8. The number of carbonyl (C=O) groups is 1. The number of ether oxygens (including phenoxy) is 2. The van der Waals surface area contributed by atoms with Crippen LogP contribution in [0, 0.1) is 0 Å². The molecule has 0 radical (unpaired) electrons. The van der Waals surface area contributed by atoms with E-state index in [-0.39, 0.29) is 5.91 Å². The number of benzene rings is 1. The first-order chi connectivity index (χ1) is 10.7. The summed E-state index contributed by atoms with van der Waals surface area (Å²) in [5.41, 5.74) is 3.03. The van der Waals surface area contributed by atoms with Crippen molar-refractivity contribution in [3.63, 3.8) is 0 Å². The molecular weight excluding hydrogens is 300 g/mol. The van der Waals surface area contributed by atoms with Crippen molar-refractivity contribution in [2.45, 2.75) is 26.3 Å². The van der Waals surface area contributed by atoms with Crippen molar-refractivity contribution in [3.05, 3.63) is 40.3 Å². The average molecular weight is 320 g/mol. The highest BCUT2D eigenvalue weighted by molar-refractivity contribution is 7.07. The molecule has 5 nitrogen and oxygen atoms in total. The van der Waals surface area contributed by atoms with Crippen LogP contribution in [0.4, 0.5) is 0 Å². The average Bonchev–Trinajstić information content (AvgIpc) is 3.08. The van der Waals surface area contributed by atoms with E-state index >= 15 is 0 Å². The molecule has 0 atom stereocenters. The molecule has 0 saturated heterocycles. The fourth-order valence-corrected chi connectivity index (χ4v) is 2.40. The first kappa shape index (κ1) is 16.3. The van der Waals surface area contributed by atoms with Gasteiger partial charge in [-0.3, -0.25) is 4.79 Å². The van der Waals surface area contributed by atoms with Gasteiger partial charge in [-0.05, 0) is 24.1 Å². The van der Waals surface area contributed by atoms with Crippen molar-refractivity contribution in [1.29, 1.82) is 0 Å². The van der Waals surface area contributed by atoms with Crippen molar-refractivity contribution in [3.8, 4) is 11.5 Å². The fourth-order valence-electron chi connectivity index (χ4n) is 1.87. The van der Waals surface area contributed by atoms with Crippen LogP contribution in [0.1, 0.15) is 35.8 Å². The Morgan fingerprint density at radius 3 is 2.91 bits per heavy atom. The monoisotopic (exact) mass is 320 g/mol. The number of hydrogen-bond donors (Lipinski definition) is 1. The number of aromatic nitrogens is 1. The van der Waals surface area contributed by atoms with Gasteiger partial charge in [0.2, 0.25) is 0 Å². The summed E-state index contributed by atoms with van der Waals surface area (Å²) < 4.78 is 11.0. The van der Waals surface area contributed by atoms with Crippen LogP contribution in [-0.4, -0.2) is 24.6 Å². The molecule has 2 rings (SSSR count). The second kappa shape index (κ2) is 8.38. The molecule has 1 N–H and O–H groups in total. The van der Waals surface area contributed by atoms with Crippen LogP contribution in [0.25, 0.3) is 0 Å². The SMILES string of the molecule is CCCCOc1ccc(CNC(=O)c2cscn2)cc1OC. The molecule has 0 fully saturated rings. The number of nitrogens with zero attached hydrogens (tertiary/aromatic N) is 1. The van der Waals surface area contributed by atoms with Crippen molar-refractivity contribution < 1.29 is 14.3 Å². The molecule has 1 heterocycles. The molecule has 0 aliphatic carbocycles. The standard InChI is InChI=1S/C16H20N2O3S/c1-3-4-7-21-14-6-5-12(8-15(14)20-2)9-17-16(19)13-10-22-11-18-13/h5-6,8,10-11H,3-4,7,9H2,1-2H3,(H,17,19). The first-order valence-corrected chi connectivity index (χ1v) is 8.15. The van der Waals surface area contributed by atoms with Gasteiger partial charge in [0, 0.05) is 11.9 Å². The van der Waals surface area contributed by atoms with E-state index in [4.69, 9.17) is 9.47 Å². The summed E-state index contributed by atoms with van der Waals surface area (Å²) in [5.74, 6) is 1.23. The van der Waals surface area contributed by atoms with Gasteiger partial charge in [0.15, 0.2) is 11.5 Å². The van der Waals surface area contributed by atoms with Gasteiger partial charge in [-0.1, -0.05) is 19.4 Å². The van der Waals surface area contributed by atoms with E-state index in [2.05, 4.69) is 17.2 Å². The van der Waals surface area contributed by atoms with Crippen LogP contribution >= 0.6 is 11.3 Å². The van der Waals surface area contributed by atoms with Gasteiger partial charge in [0.1, 0.15) is 5.69 Å². The molecule has 0 spiro atoms. The molecule has 0 saturated carbocycles. The van der Waals surface area contributed by atoms with Gasteiger partial charge >= 0.3 is 0 Å². The molecule has 0 bridgehead atoms. The lowest BCUT2D eigenvalue weighted by molar-refractivity contribution is 0.0946. The Morgan fingerprint density at radius 2 is 2.23 bits per heavy atom. The lowest BCUT2D eigenvalue weighted by atomic mass is 10.2. The zero-order valence-corrected chi connectivity index (χ0v) is 13.6. The maximum Gasteiger partial charge on any atom is 0.271 e. The second-order valence-corrected chi connectivity index (χ2v) is 5.46. The molecule has 0 aliphatic heterocycles. The molecule has 6 heteroatoms. The topological polar surface area (TPSA) is 60.5 Å². The van der Waals surface area contributed by atoms with Gasteiger partial charge in [-0.25, -0.2) is 4.98 Å². The third kappa shape index (κ3) is 4.46. The van der Waals surface area contributed by atoms with E-state index in [1.807, 2.05) is 18.2 Å². The molecular formula is C16H20N2O3S. The smallest absolute Gasteiger partial charge is 0.271 e. The van der Waals surface area contributed by atoms with Gasteiger partial charge in [0.25, 0.3) is 5.91 Å². The number of hydrogen-bond acceptors (Lipinski definition) is 5. The van der Waals surface area contributed by atoms with Gasteiger partial charge in [0.05, 0.1) is 19.2 Å². The largest absolute Gasteiger partial charge is 0.493 e. The number of rotatable bonds is 8. The number of nitrogens with one attached hydrogen (secondary N) is 1. The molecule has 118 valence electrons. The number of carbonyl (C=O) groups excluding carboxylic acids is 1. The van der Waals surface area contributed by atoms with Crippen molar-refractivity contribution >= 4 is 17.2 Å². The maximum atomic E-state index is 11.9. The summed E-state index contributed by atoms with van der Waals surface area (Å²) in [6, 6.07) is 5.67. The quantitative estimate of drug-likeness (QED) is 0.758. The third-order valence-electron chi connectivity index (χ3n) is 3.10. The number of thiazole rings is 1. The Labute approximate surface area is 134 Å². The van der Waals surface area contributed by atoms with E-state index in [1.54, 1.807) is 18.0 Å². The summed E-state index contributed by atoms with van der Waals surface area (Å²) in [5, 5.41) is 4.56. The van der Waals surface area contributed by atoms with Crippen molar-refractivity contribution in [2.75, 3.05) is 13.7 Å². The summed E-state index contributed by atoms with van der Waals surface area (Å²) in [6.07, 6.45) is 2.09. The van der Waals surface area contributed by atoms with Crippen LogP contribution in [0.3, 0.4) is 0 Å². The highest BCUT2D eigenvalue weighted by atomic mass is 32.1. The number of unbranched alkanes of at least 4 members (excludes halogenated alkanes) is 1. The molecule has 2 aromatic rings. The summed E-state index contributed by atoms with van der Waals surface area (Å²) in [4.78, 5) is 15.8. The van der Waals surface area contributed by atoms with E-state index in [0.717, 1.165) is 24.2 Å². The number of methoxy groups -OCH3 is 1. The van der Waals surface area contributed by atoms with Crippen LogP contribution in [-0.2, 0) is 6.54 Å². The Hall–Kier alpha value is -2.08. The Morgan fingerprint density at radius 1 is 1.36 bits per heavy atom. The Kier molecular flexibility index (Phi) is 6.21.